The number of carbonyl (C=O) groups excluding carboxylic acids is 4. The average Bonchev–Trinajstić information content (AvgIpc) is 3.49. The van der Waals surface area contributed by atoms with Crippen LogP contribution in [-0.4, -0.2) is 65.3 Å². The molecule has 42 heavy (non-hydrogen) atoms. The van der Waals surface area contributed by atoms with Crippen molar-refractivity contribution in [3.63, 3.8) is 0 Å². The lowest BCUT2D eigenvalue weighted by atomic mass is 10.0. The van der Waals surface area contributed by atoms with Crippen molar-refractivity contribution < 1.29 is 38.6 Å². The van der Waals surface area contributed by atoms with Crippen LogP contribution in [0.15, 0.2) is 60.7 Å². The molecule has 3 heterocycles. The van der Waals surface area contributed by atoms with Crippen LogP contribution in [0.3, 0.4) is 0 Å². The number of carboxylic acid groups (broad SMARTS) is 1. The number of fused-ring (bicyclic) bond motifs is 2. The number of rotatable bonds is 6. The van der Waals surface area contributed by atoms with Gasteiger partial charge in [0, 0.05) is 51.5 Å². The highest BCUT2D eigenvalue weighted by Gasteiger charge is 2.39. The lowest BCUT2D eigenvalue weighted by Crippen LogP contribution is -2.42. The summed E-state index contributed by atoms with van der Waals surface area (Å²) in [6.45, 7) is 4.97. The summed E-state index contributed by atoms with van der Waals surface area (Å²) >= 11 is 0. The van der Waals surface area contributed by atoms with Crippen LogP contribution in [0.4, 0.5) is 0 Å². The second kappa shape index (κ2) is 21.2. The molecule has 2 aromatic carbocycles. The van der Waals surface area contributed by atoms with E-state index in [2.05, 4.69) is 42.2 Å². The minimum absolute atomic E-state index is 0.0741. The molecule has 3 aliphatic heterocycles. The minimum atomic E-state index is -1.06. The molecule has 2 bridgehead atoms. The summed E-state index contributed by atoms with van der Waals surface area (Å²) < 4.78 is 10.2. The van der Waals surface area contributed by atoms with E-state index in [-0.39, 0.29) is 24.6 Å². The predicted molar refractivity (Wildman–Crippen MR) is 156 cm³/mol. The van der Waals surface area contributed by atoms with Crippen molar-refractivity contribution in [3.8, 4) is 0 Å². The summed E-state index contributed by atoms with van der Waals surface area (Å²) in [5.74, 6) is -0.906. The van der Waals surface area contributed by atoms with Gasteiger partial charge in [-0.25, -0.2) is 0 Å². The first-order valence-electron chi connectivity index (χ1n) is 14.1. The molecule has 3 fully saturated rings. The monoisotopic (exact) mass is 584 g/mol. The number of ketones is 2. The van der Waals surface area contributed by atoms with Crippen LogP contribution in [-0.2, 0) is 46.5 Å². The fourth-order valence-electron chi connectivity index (χ4n) is 4.88. The van der Waals surface area contributed by atoms with E-state index in [1.165, 1.54) is 30.9 Å². The maximum absolute atomic E-state index is 11.5. The lowest BCUT2D eigenvalue weighted by molar-refractivity contribution is -0.191. The van der Waals surface area contributed by atoms with Gasteiger partial charge in [-0.05, 0) is 44.2 Å². The molecule has 0 radical (unpaired) electrons. The summed E-state index contributed by atoms with van der Waals surface area (Å²) in [7, 11) is 1.68. The fourth-order valence-corrected chi connectivity index (χ4v) is 4.88. The number of piperidine rings is 1. The number of methoxy groups -OCH3 is 1. The second-order valence-corrected chi connectivity index (χ2v) is 10.2. The quantitative estimate of drug-likeness (QED) is 0.473. The van der Waals surface area contributed by atoms with Crippen LogP contribution in [0.5, 0.6) is 0 Å². The van der Waals surface area contributed by atoms with Crippen LogP contribution >= 0.6 is 0 Å². The van der Waals surface area contributed by atoms with Crippen molar-refractivity contribution in [2.45, 2.75) is 96.4 Å². The molecule has 4 unspecified atom stereocenters. The Kier molecular flexibility index (Phi) is 18.4. The van der Waals surface area contributed by atoms with Crippen LogP contribution in [0.1, 0.15) is 69.9 Å². The van der Waals surface area contributed by atoms with Gasteiger partial charge in [-0.2, -0.15) is 9.59 Å². The number of nitrogens with two attached hydrogens (primary N) is 1. The number of carbonyl (C=O) groups is 3. The Bertz CT molecular complexity index is 1060. The molecule has 0 spiro atoms. The highest BCUT2D eigenvalue weighted by Crippen LogP contribution is 2.34. The number of aliphatic carboxylic acids is 1. The van der Waals surface area contributed by atoms with E-state index in [0.29, 0.717) is 30.5 Å². The largest absolute Gasteiger partial charge is 0.481 e. The zero-order valence-electron chi connectivity index (χ0n) is 24.8. The Hall–Kier alpha value is -3.53. The first-order valence-corrected chi connectivity index (χ1v) is 14.1. The SMILES string of the molecule is CC(=O)CC(=O)O.COC1CCC(C)O1.NCc1ccccc1.O=C1CC2CCC(C1)N2Cc1ccccc1.O=C=O. The Morgan fingerprint density at radius 3 is 1.76 bits per heavy atom. The highest BCUT2D eigenvalue weighted by molar-refractivity contribution is 5.93. The second-order valence-electron chi connectivity index (χ2n) is 10.2. The summed E-state index contributed by atoms with van der Waals surface area (Å²) in [5, 5.41) is 7.86. The number of hydrogen-bond donors (Lipinski definition) is 2. The lowest BCUT2D eigenvalue weighted by Gasteiger charge is -2.33. The standard InChI is InChI=1S/C14H17NO.C7H9N.C6H12O2.C4H6O3.CO2/c16-14-8-12-6-7-13(9-14)15(12)10-11-4-2-1-3-5-11;8-6-7-4-2-1-3-5-7;1-5-3-4-6(7-2)8-5;1-3(5)2-4(6)7;2-1-3/h1-5,12-13H,6-10H2;1-5H,6,8H2;5-6H,3-4H2,1-2H3;2H2,1H3,(H,6,7);. The van der Waals surface area contributed by atoms with E-state index < -0.39 is 5.97 Å². The van der Waals surface area contributed by atoms with Gasteiger partial charge in [0.15, 0.2) is 6.29 Å². The molecule has 2 aromatic rings. The molecule has 0 aliphatic carbocycles. The van der Waals surface area contributed by atoms with Crippen LogP contribution in [0.25, 0.3) is 0 Å². The molecule has 10 heteroatoms. The third-order valence-electron chi connectivity index (χ3n) is 6.84. The van der Waals surface area contributed by atoms with E-state index in [1.807, 2.05) is 30.3 Å². The molecule has 3 N–H and O–H groups in total. The zero-order chi connectivity index (χ0) is 31.3. The molecule has 3 saturated heterocycles. The molecule has 0 aromatic heterocycles. The third kappa shape index (κ3) is 15.5. The Morgan fingerprint density at radius 1 is 0.952 bits per heavy atom. The van der Waals surface area contributed by atoms with Gasteiger partial charge in [0.2, 0.25) is 0 Å². The first kappa shape index (κ1) is 36.5. The predicted octanol–water partition coefficient (Wildman–Crippen LogP) is 4.15. The maximum atomic E-state index is 11.5. The number of nitrogens with zero attached hydrogens (tertiary/aromatic N) is 1. The number of ether oxygens (including phenoxy) is 2. The van der Waals surface area contributed by atoms with Crippen molar-refractivity contribution in [1.82, 2.24) is 4.90 Å². The average molecular weight is 585 g/mol. The molecule has 0 saturated carbocycles. The Labute approximate surface area is 248 Å². The summed E-state index contributed by atoms with van der Waals surface area (Å²) in [5.41, 5.74) is 7.91. The van der Waals surface area contributed by atoms with Crippen LogP contribution in [0.2, 0.25) is 0 Å². The molecule has 4 atom stereocenters. The van der Waals surface area contributed by atoms with Crippen molar-refractivity contribution >= 4 is 23.7 Å². The van der Waals surface area contributed by atoms with Gasteiger partial charge in [0.25, 0.3) is 0 Å². The van der Waals surface area contributed by atoms with Gasteiger partial charge >= 0.3 is 12.1 Å². The van der Waals surface area contributed by atoms with E-state index in [4.69, 9.17) is 29.9 Å². The van der Waals surface area contributed by atoms with Gasteiger partial charge < -0.3 is 20.3 Å². The van der Waals surface area contributed by atoms with Crippen molar-refractivity contribution in [3.05, 3.63) is 71.8 Å². The van der Waals surface area contributed by atoms with Crippen LogP contribution < -0.4 is 5.73 Å². The smallest absolute Gasteiger partial charge is 0.373 e. The molecule has 230 valence electrons. The number of hydrogen-bond acceptors (Lipinski definition) is 9. The molecule has 10 nitrogen and oxygen atoms in total. The number of Topliss-reactive ketones (excluding diaryl/α,β-unsaturated/α-hetero) is 2. The molecule has 3 aliphatic rings. The maximum Gasteiger partial charge on any atom is 0.373 e. The van der Waals surface area contributed by atoms with Crippen molar-refractivity contribution in [2.24, 2.45) is 5.73 Å². The van der Waals surface area contributed by atoms with E-state index >= 15 is 0 Å². The summed E-state index contributed by atoms with van der Waals surface area (Å²) in [6, 6.07) is 21.6. The number of benzene rings is 2. The van der Waals surface area contributed by atoms with Crippen LogP contribution in [0, 0.1) is 0 Å². The van der Waals surface area contributed by atoms with Gasteiger partial charge in [-0.1, -0.05) is 60.7 Å². The Balaban J connectivity index is 0.000000291. The van der Waals surface area contributed by atoms with Gasteiger partial charge in [-0.3, -0.25) is 19.3 Å². The summed E-state index contributed by atoms with van der Waals surface area (Å²) in [6.07, 6.45) is 6.54. The number of carboxylic acids is 1. The van der Waals surface area contributed by atoms with Gasteiger partial charge in [0.1, 0.15) is 18.0 Å². The normalized spacial score (nSPS) is 21.9. The first-order chi connectivity index (χ1) is 20.1. The minimum Gasteiger partial charge on any atom is -0.481 e. The van der Waals surface area contributed by atoms with Gasteiger partial charge in [0.05, 0.1) is 6.10 Å². The highest BCUT2D eigenvalue weighted by atomic mass is 16.7. The van der Waals surface area contributed by atoms with E-state index in [0.717, 1.165) is 32.2 Å². The van der Waals surface area contributed by atoms with E-state index in [9.17, 15) is 14.4 Å². The van der Waals surface area contributed by atoms with Crippen molar-refractivity contribution in [2.75, 3.05) is 7.11 Å². The third-order valence-corrected chi connectivity index (χ3v) is 6.84. The van der Waals surface area contributed by atoms with Gasteiger partial charge in [-0.15, -0.1) is 0 Å². The molecule has 5 rings (SSSR count). The van der Waals surface area contributed by atoms with E-state index in [1.54, 1.807) is 7.11 Å². The molecular weight excluding hydrogens is 540 g/mol. The fraction of sp³-hybridized carbons (Fsp3) is 0.500. The topological polar surface area (TPSA) is 153 Å². The summed E-state index contributed by atoms with van der Waals surface area (Å²) in [4.78, 5) is 49.7. The zero-order valence-corrected chi connectivity index (χ0v) is 24.8. The molecule has 0 amide bonds. The molecular formula is C32H44N2O8. The van der Waals surface area contributed by atoms with Crippen molar-refractivity contribution in [1.29, 1.82) is 0 Å². The Morgan fingerprint density at radius 2 is 1.45 bits per heavy atom.